The summed E-state index contributed by atoms with van der Waals surface area (Å²) in [5, 5.41) is 13.6. The fourth-order valence-electron chi connectivity index (χ4n) is 0. The maximum atomic E-state index is 8.36. The second kappa shape index (κ2) is 15.6. The Morgan fingerprint density at radius 3 is 1.57 bits per heavy atom. The molecule has 0 aromatic rings. The van der Waals surface area contributed by atoms with Crippen molar-refractivity contribution >= 4 is 75.5 Å². The van der Waals surface area contributed by atoms with Crippen molar-refractivity contribution in [1.29, 1.82) is 0 Å². The molecular weight excluding hydrogens is 156 g/mol. The van der Waals surface area contributed by atoms with Crippen LogP contribution in [-0.2, 0) is 0 Å². The topological polar surface area (TPSA) is 98.4 Å². The van der Waals surface area contributed by atoms with Gasteiger partial charge in [0.05, 0.1) is 0 Å². The van der Waals surface area contributed by atoms with Crippen LogP contribution in [0.1, 0.15) is 5.71 Å². The van der Waals surface area contributed by atoms with Crippen LogP contribution in [0.2, 0.25) is 0 Å². The molecule has 5 nitrogen and oxygen atoms in total. The molecule has 0 rings (SSSR count). The van der Waals surface area contributed by atoms with Gasteiger partial charge in [0.15, 0.2) is 0 Å². The van der Waals surface area contributed by atoms with Crippen LogP contribution in [0.3, 0.4) is 0 Å². The van der Waals surface area contributed by atoms with Gasteiger partial charge in [0.2, 0.25) is 0 Å². The van der Waals surface area contributed by atoms with E-state index in [4.69, 9.17) is 15.3 Å². The Bertz CT molecular complexity index is 44.3. The maximum absolute atomic E-state index is 8.36. The van der Waals surface area contributed by atoms with Crippen LogP contribution in [0, 0.1) is 10.1 Å². The van der Waals surface area contributed by atoms with Gasteiger partial charge in [-0.05, 0) is 0 Å². The minimum absolute atomic E-state index is 0. The summed E-state index contributed by atoms with van der Waals surface area (Å²) in [6.45, 7) is 0. The van der Waals surface area contributed by atoms with Crippen LogP contribution in [0.15, 0.2) is 0 Å². The van der Waals surface area contributed by atoms with Crippen LogP contribution in [0.25, 0.3) is 0 Å². The molecule has 0 spiro atoms. The number of rotatable bonds is 0. The SMILES string of the molecule is N.O=[N+]([O-])O.[Ca+2].[Ca+2].[H-].[H-].[H-].[H-]. The van der Waals surface area contributed by atoms with Crippen molar-refractivity contribution in [2.24, 2.45) is 0 Å². The van der Waals surface area contributed by atoms with Gasteiger partial charge in [0.25, 0.3) is 5.09 Å². The summed E-state index contributed by atoms with van der Waals surface area (Å²) < 4.78 is 0. The molecule has 0 bridgehead atoms. The molecule has 0 saturated heterocycles. The monoisotopic (exact) mass is 164 g/mol. The summed E-state index contributed by atoms with van der Waals surface area (Å²) in [4.78, 5) is 8.36. The second-order valence-corrected chi connectivity index (χ2v) is 0.238. The van der Waals surface area contributed by atoms with E-state index in [0.29, 0.717) is 0 Å². The third-order valence-corrected chi connectivity index (χ3v) is 0. The van der Waals surface area contributed by atoms with Gasteiger partial charge in [-0.1, -0.05) is 0 Å². The van der Waals surface area contributed by atoms with Crippen molar-refractivity contribution in [1.82, 2.24) is 6.15 Å². The first kappa shape index (κ1) is 23.4. The first-order valence-electron chi connectivity index (χ1n) is 0.565. The van der Waals surface area contributed by atoms with Gasteiger partial charge in [0, 0.05) is 0 Å². The van der Waals surface area contributed by atoms with Gasteiger partial charge in [0.1, 0.15) is 0 Å². The number of hydrogen-bond acceptors (Lipinski definition) is 3. The summed E-state index contributed by atoms with van der Waals surface area (Å²) in [7, 11) is 0. The molecule has 4 N–H and O–H groups in total. The minimum Gasteiger partial charge on any atom is -1.00 e. The van der Waals surface area contributed by atoms with Crippen molar-refractivity contribution < 1.29 is 16.0 Å². The molecule has 7 heavy (non-hydrogen) atoms. The molecule has 0 aliphatic rings. The van der Waals surface area contributed by atoms with Gasteiger partial charge in [-0.2, -0.15) is 0 Å². The standard InChI is InChI=1S/2Ca.HNO3.H3N.4H/c;;2-1(3)4;;;;;/h;;(H,2,3,4);1H3;;;;/q2*+2;;;4*-1. The van der Waals surface area contributed by atoms with Crippen molar-refractivity contribution in [2.75, 3.05) is 0 Å². The molecule has 0 fully saturated rings. The van der Waals surface area contributed by atoms with Crippen LogP contribution < -0.4 is 6.15 Å². The summed E-state index contributed by atoms with van der Waals surface area (Å²) in [6.07, 6.45) is 0. The van der Waals surface area contributed by atoms with Gasteiger partial charge in [-0.25, -0.2) is 0 Å². The second-order valence-electron chi connectivity index (χ2n) is 0.238. The van der Waals surface area contributed by atoms with Gasteiger partial charge < -0.3 is 17.1 Å². The largest absolute Gasteiger partial charge is 2.00 e. The Labute approximate surface area is 106 Å². The average molecular weight is 164 g/mol. The molecule has 0 radical (unpaired) electrons. The van der Waals surface area contributed by atoms with E-state index in [1.807, 2.05) is 0 Å². The molecule has 0 aliphatic carbocycles. The Morgan fingerprint density at radius 1 is 1.57 bits per heavy atom. The molecule has 0 aromatic heterocycles. The molecule has 7 heteroatoms. The van der Waals surface area contributed by atoms with Crippen molar-refractivity contribution in [3.63, 3.8) is 0 Å². The molecule has 0 aliphatic heterocycles. The fourth-order valence-corrected chi connectivity index (χ4v) is 0. The quantitative estimate of drug-likeness (QED) is 0.286. The Balaban J connectivity index is -0.00000000214. The van der Waals surface area contributed by atoms with Gasteiger partial charge in [-0.15, -0.1) is 10.1 Å². The van der Waals surface area contributed by atoms with E-state index in [-0.39, 0.29) is 87.3 Å². The van der Waals surface area contributed by atoms with Crippen LogP contribution >= 0.6 is 0 Å². The van der Waals surface area contributed by atoms with E-state index in [0.717, 1.165) is 0 Å². The molecule has 0 amide bonds. The van der Waals surface area contributed by atoms with E-state index in [1.54, 1.807) is 0 Å². The average Bonchev–Trinajstić information content (AvgIpc) is 0.811. The number of nitrogens with zero attached hydrogens (tertiary/aromatic N) is 1. The maximum Gasteiger partial charge on any atom is 2.00 e. The van der Waals surface area contributed by atoms with Crippen LogP contribution in [0.4, 0.5) is 0 Å². The Hall–Kier alpha value is 1.68. The predicted octanol–water partition coefficient (Wildman–Crippen LogP) is -0.497. The van der Waals surface area contributed by atoms with Crippen molar-refractivity contribution in [3.05, 3.63) is 10.1 Å². The zero-order valence-electron chi connectivity index (χ0n) is 7.83. The molecule has 0 saturated carbocycles. The van der Waals surface area contributed by atoms with Gasteiger partial charge in [-0.3, -0.25) is 0 Å². The zero-order chi connectivity index (χ0) is 3.58. The molecule has 40 valence electrons. The first-order valence-corrected chi connectivity index (χ1v) is 0.565. The molecule has 0 unspecified atom stereocenters. The zero-order valence-corrected chi connectivity index (χ0v) is 8.25. The van der Waals surface area contributed by atoms with E-state index in [9.17, 15) is 0 Å². The summed E-state index contributed by atoms with van der Waals surface area (Å²) in [6, 6.07) is 0. The van der Waals surface area contributed by atoms with E-state index >= 15 is 0 Å². The van der Waals surface area contributed by atoms with Crippen LogP contribution in [0.5, 0.6) is 0 Å². The molecule has 0 heterocycles. The van der Waals surface area contributed by atoms with Crippen molar-refractivity contribution in [2.45, 2.75) is 0 Å². The van der Waals surface area contributed by atoms with Crippen LogP contribution in [-0.4, -0.2) is 85.8 Å². The van der Waals surface area contributed by atoms with Gasteiger partial charge >= 0.3 is 75.5 Å². The molecular formula is H8Ca2N2O3. The molecule has 0 aromatic carbocycles. The minimum atomic E-state index is -1.50. The van der Waals surface area contributed by atoms with E-state index in [1.165, 1.54) is 0 Å². The van der Waals surface area contributed by atoms with E-state index < -0.39 is 5.09 Å². The third-order valence-electron chi connectivity index (χ3n) is 0. The smallest absolute Gasteiger partial charge is 1.00 e. The summed E-state index contributed by atoms with van der Waals surface area (Å²) in [5.74, 6) is 0. The Kier molecular flexibility index (Phi) is 52.2. The van der Waals surface area contributed by atoms with Crippen molar-refractivity contribution in [3.8, 4) is 0 Å². The normalized spacial score (nSPS) is 3.43. The predicted molar refractivity (Wildman–Crippen MR) is 29.8 cm³/mol. The number of hydrogen-bond donors (Lipinski definition) is 2. The fraction of sp³-hybridized carbons (Fsp3) is 0. The Morgan fingerprint density at radius 2 is 1.57 bits per heavy atom. The summed E-state index contributed by atoms with van der Waals surface area (Å²) >= 11 is 0. The first-order chi connectivity index (χ1) is 1.73. The third kappa shape index (κ3) is 87.8. The summed E-state index contributed by atoms with van der Waals surface area (Å²) in [5.41, 5.74) is 0. The molecule has 0 atom stereocenters. The van der Waals surface area contributed by atoms with E-state index in [2.05, 4.69) is 0 Å².